The van der Waals surface area contributed by atoms with E-state index < -0.39 is 23.7 Å². The summed E-state index contributed by atoms with van der Waals surface area (Å²) >= 11 is 6.06. The topological polar surface area (TPSA) is 84.0 Å². The first-order chi connectivity index (χ1) is 16.1. The summed E-state index contributed by atoms with van der Waals surface area (Å²) in [6.45, 7) is 2.24. The molecule has 1 aromatic heterocycles. The number of carbonyl (C=O) groups excluding carboxylic acids is 2. The van der Waals surface area contributed by atoms with Crippen LogP contribution in [-0.2, 0) is 25.2 Å². The highest BCUT2D eigenvalue weighted by Crippen LogP contribution is 2.34. The summed E-state index contributed by atoms with van der Waals surface area (Å²) in [6, 6.07) is 8.05. The van der Waals surface area contributed by atoms with Crippen LogP contribution in [0.25, 0.3) is 0 Å². The van der Waals surface area contributed by atoms with Crippen LogP contribution in [0, 0.1) is 0 Å². The van der Waals surface area contributed by atoms with Crippen molar-refractivity contribution < 1.29 is 32.2 Å². The van der Waals surface area contributed by atoms with Crippen molar-refractivity contribution in [1.29, 1.82) is 0 Å². The van der Waals surface area contributed by atoms with Crippen LogP contribution in [0.4, 0.5) is 30.4 Å². The molecule has 1 aliphatic heterocycles. The number of hydrogen-bond acceptors (Lipinski definition) is 8. The standard InChI is InChI=1S/C22H22ClF3N4O4/c1-33-19(31)12-18(21(32)34-2)28-15-3-5-16(6-4-15)29-7-9-30(10-8-29)20-17(23)11-14(13-27-20)22(24,25)26/h3-6,11-13,28H,7-10H2,1-2H3/b18-12+. The number of anilines is 3. The molecule has 0 unspecified atom stereocenters. The average Bonchev–Trinajstić information content (AvgIpc) is 2.83. The van der Waals surface area contributed by atoms with Gasteiger partial charge >= 0.3 is 18.1 Å². The first-order valence-electron chi connectivity index (χ1n) is 10.1. The van der Waals surface area contributed by atoms with Crippen LogP contribution in [0.3, 0.4) is 0 Å². The molecule has 0 radical (unpaired) electrons. The van der Waals surface area contributed by atoms with Gasteiger partial charge in [-0.25, -0.2) is 14.6 Å². The largest absolute Gasteiger partial charge is 0.466 e. The van der Waals surface area contributed by atoms with E-state index in [0.29, 0.717) is 37.7 Å². The third-order valence-electron chi connectivity index (χ3n) is 5.11. The van der Waals surface area contributed by atoms with E-state index in [9.17, 15) is 22.8 Å². The Labute approximate surface area is 198 Å². The highest BCUT2D eigenvalue weighted by Gasteiger charge is 2.32. The van der Waals surface area contributed by atoms with E-state index in [-0.39, 0.29) is 10.7 Å². The monoisotopic (exact) mass is 498 g/mol. The van der Waals surface area contributed by atoms with E-state index in [0.717, 1.165) is 24.0 Å². The summed E-state index contributed by atoms with van der Waals surface area (Å²) in [5, 5.41) is 2.79. The van der Waals surface area contributed by atoms with E-state index in [1.807, 2.05) is 17.0 Å². The second-order valence-corrected chi connectivity index (χ2v) is 7.65. The number of alkyl halides is 3. The number of rotatable bonds is 6. The van der Waals surface area contributed by atoms with Gasteiger partial charge in [-0.05, 0) is 30.3 Å². The summed E-state index contributed by atoms with van der Waals surface area (Å²) < 4.78 is 47.7. The fourth-order valence-corrected chi connectivity index (χ4v) is 3.62. The zero-order chi connectivity index (χ0) is 24.9. The number of hydrogen-bond donors (Lipinski definition) is 1. The van der Waals surface area contributed by atoms with Gasteiger partial charge in [-0.1, -0.05) is 11.6 Å². The van der Waals surface area contributed by atoms with E-state index in [4.69, 9.17) is 11.6 Å². The van der Waals surface area contributed by atoms with Crippen LogP contribution in [0.5, 0.6) is 0 Å². The molecule has 2 aromatic rings. The van der Waals surface area contributed by atoms with Crippen molar-refractivity contribution in [2.75, 3.05) is 55.5 Å². The van der Waals surface area contributed by atoms with Gasteiger partial charge in [0.05, 0.1) is 30.9 Å². The SMILES string of the molecule is COC(=O)/C=C(/Nc1ccc(N2CCN(c3ncc(C(F)(F)F)cc3Cl)CC2)cc1)C(=O)OC. The van der Waals surface area contributed by atoms with Crippen LogP contribution in [0.2, 0.25) is 5.02 Å². The van der Waals surface area contributed by atoms with Gasteiger partial charge in [0.15, 0.2) is 0 Å². The summed E-state index contributed by atoms with van der Waals surface area (Å²) in [5.41, 5.74) is 0.513. The summed E-state index contributed by atoms with van der Waals surface area (Å²) in [4.78, 5) is 31.2. The third-order valence-corrected chi connectivity index (χ3v) is 5.39. The molecule has 0 aliphatic carbocycles. The second-order valence-electron chi connectivity index (χ2n) is 7.25. The Morgan fingerprint density at radius 2 is 1.68 bits per heavy atom. The fourth-order valence-electron chi connectivity index (χ4n) is 3.34. The van der Waals surface area contributed by atoms with E-state index in [1.165, 1.54) is 14.2 Å². The molecule has 1 saturated heterocycles. The van der Waals surface area contributed by atoms with Crippen molar-refractivity contribution in [2.24, 2.45) is 0 Å². The van der Waals surface area contributed by atoms with Crippen LogP contribution in [-0.4, -0.2) is 57.3 Å². The number of carbonyl (C=O) groups is 2. The zero-order valence-corrected chi connectivity index (χ0v) is 19.1. The van der Waals surface area contributed by atoms with Crippen LogP contribution >= 0.6 is 11.6 Å². The average molecular weight is 499 g/mol. The van der Waals surface area contributed by atoms with E-state index in [2.05, 4.69) is 24.7 Å². The molecular weight excluding hydrogens is 477 g/mol. The number of benzene rings is 1. The van der Waals surface area contributed by atoms with Crippen molar-refractivity contribution in [2.45, 2.75) is 6.18 Å². The number of aromatic nitrogens is 1. The molecule has 8 nitrogen and oxygen atoms in total. The summed E-state index contributed by atoms with van der Waals surface area (Å²) in [7, 11) is 2.40. The Morgan fingerprint density at radius 3 is 2.21 bits per heavy atom. The van der Waals surface area contributed by atoms with E-state index in [1.54, 1.807) is 12.1 Å². The minimum Gasteiger partial charge on any atom is -0.466 e. The molecule has 1 aliphatic rings. The van der Waals surface area contributed by atoms with Crippen LogP contribution < -0.4 is 15.1 Å². The lowest BCUT2D eigenvalue weighted by molar-refractivity contribution is -0.138. The number of ether oxygens (including phenoxy) is 2. The zero-order valence-electron chi connectivity index (χ0n) is 18.4. The lowest BCUT2D eigenvalue weighted by atomic mass is 10.2. The molecule has 0 amide bonds. The molecule has 0 bridgehead atoms. The number of nitrogens with zero attached hydrogens (tertiary/aromatic N) is 3. The Balaban J connectivity index is 1.63. The molecule has 1 N–H and O–H groups in total. The molecule has 12 heteroatoms. The van der Waals surface area contributed by atoms with Crippen molar-refractivity contribution >= 4 is 40.7 Å². The minimum absolute atomic E-state index is 0.0416. The smallest absolute Gasteiger partial charge is 0.417 e. The normalized spacial score (nSPS) is 14.6. The van der Waals surface area contributed by atoms with Crippen molar-refractivity contribution in [1.82, 2.24) is 4.98 Å². The van der Waals surface area contributed by atoms with Crippen LogP contribution in [0.15, 0.2) is 48.3 Å². The Morgan fingerprint density at radius 1 is 1.06 bits per heavy atom. The maximum Gasteiger partial charge on any atom is 0.417 e. The maximum atomic E-state index is 12.8. The fraction of sp³-hybridized carbons (Fsp3) is 0.318. The molecule has 0 atom stereocenters. The van der Waals surface area contributed by atoms with Gasteiger partial charge < -0.3 is 24.6 Å². The molecule has 34 heavy (non-hydrogen) atoms. The van der Waals surface area contributed by atoms with Gasteiger partial charge in [0, 0.05) is 43.8 Å². The predicted molar refractivity (Wildman–Crippen MR) is 121 cm³/mol. The molecule has 0 spiro atoms. The molecule has 3 rings (SSSR count). The Hall–Kier alpha value is -3.47. The first kappa shape index (κ1) is 25.2. The first-order valence-corrected chi connectivity index (χ1v) is 10.5. The van der Waals surface area contributed by atoms with Gasteiger partial charge in [0.1, 0.15) is 11.5 Å². The van der Waals surface area contributed by atoms with E-state index >= 15 is 0 Å². The predicted octanol–water partition coefficient (Wildman–Crippen LogP) is 3.72. The number of nitrogens with one attached hydrogen (secondary N) is 1. The number of piperazine rings is 1. The van der Waals surface area contributed by atoms with Gasteiger partial charge in [0.2, 0.25) is 0 Å². The maximum absolute atomic E-state index is 12.8. The minimum atomic E-state index is -4.50. The lowest BCUT2D eigenvalue weighted by Gasteiger charge is -2.37. The number of esters is 2. The highest BCUT2D eigenvalue weighted by molar-refractivity contribution is 6.33. The van der Waals surface area contributed by atoms with Crippen LogP contribution in [0.1, 0.15) is 5.56 Å². The van der Waals surface area contributed by atoms with Gasteiger partial charge in [0.25, 0.3) is 0 Å². The third kappa shape index (κ3) is 6.10. The summed E-state index contributed by atoms with van der Waals surface area (Å²) in [6.07, 6.45) is -2.71. The van der Waals surface area contributed by atoms with Gasteiger partial charge in [-0.3, -0.25) is 0 Å². The van der Waals surface area contributed by atoms with Gasteiger partial charge in [-0.15, -0.1) is 0 Å². The van der Waals surface area contributed by atoms with Crippen molar-refractivity contribution in [3.8, 4) is 0 Å². The Kier molecular flexibility index (Phi) is 7.87. The number of methoxy groups -OCH3 is 2. The number of pyridine rings is 1. The molecular formula is C22H22ClF3N4O4. The van der Waals surface area contributed by atoms with Crippen molar-refractivity contribution in [3.63, 3.8) is 0 Å². The highest BCUT2D eigenvalue weighted by atomic mass is 35.5. The second kappa shape index (κ2) is 10.6. The molecule has 2 heterocycles. The Bertz CT molecular complexity index is 1070. The quantitative estimate of drug-likeness (QED) is 0.476. The molecule has 182 valence electrons. The molecule has 0 saturated carbocycles. The lowest BCUT2D eigenvalue weighted by Crippen LogP contribution is -2.47. The van der Waals surface area contributed by atoms with Crippen molar-refractivity contribution in [3.05, 3.63) is 58.9 Å². The summed E-state index contributed by atoms with van der Waals surface area (Å²) in [5.74, 6) is -1.10. The molecule has 1 aromatic carbocycles. The molecule has 1 fully saturated rings. The number of halogens is 4. The van der Waals surface area contributed by atoms with Gasteiger partial charge in [-0.2, -0.15) is 13.2 Å².